The molecule has 0 atom stereocenters. The minimum atomic E-state index is 0.341. The van der Waals surface area contributed by atoms with Gasteiger partial charge in [-0.3, -0.25) is 0 Å². The Kier molecular flexibility index (Phi) is 1.87. The fourth-order valence-corrected chi connectivity index (χ4v) is 1.08. The number of rotatable bonds is 2. The molecule has 0 aromatic heterocycles. The highest BCUT2D eigenvalue weighted by atomic mass is 16.5. The first-order valence-corrected chi connectivity index (χ1v) is 4.07. The first-order chi connectivity index (χ1) is 5.84. The van der Waals surface area contributed by atoms with Gasteiger partial charge in [-0.1, -0.05) is 0 Å². The highest BCUT2D eigenvalue weighted by Gasteiger charge is 2.17. The van der Waals surface area contributed by atoms with Crippen LogP contribution in [0, 0.1) is 0 Å². The molecule has 12 heavy (non-hydrogen) atoms. The maximum atomic E-state index is 5.59. The van der Waals surface area contributed by atoms with Gasteiger partial charge in [0.05, 0.1) is 0 Å². The molecular weight excluding hydrogens is 152 g/mol. The summed E-state index contributed by atoms with van der Waals surface area (Å²) in [5, 5.41) is 3.14. The second kappa shape index (κ2) is 3.03. The largest absolute Gasteiger partial charge is 0.488 e. The molecule has 0 saturated carbocycles. The lowest BCUT2D eigenvalue weighted by Gasteiger charge is -2.27. The van der Waals surface area contributed by atoms with Gasteiger partial charge in [0.2, 0.25) is 0 Å². The first-order valence-electron chi connectivity index (χ1n) is 4.07. The molecule has 1 aromatic rings. The number of nitrogens with one attached hydrogen (secondary N) is 1. The van der Waals surface area contributed by atoms with E-state index in [9.17, 15) is 0 Å². The standard InChI is InChI=1S/C9H12N2O/c10-7-1-3-8(4-2-7)12-9-5-11-6-9/h1-4,9,11H,5-6,10H2. The maximum Gasteiger partial charge on any atom is 0.123 e. The van der Waals surface area contributed by atoms with Crippen molar-refractivity contribution in [1.82, 2.24) is 5.32 Å². The van der Waals surface area contributed by atoms with Crippen molar-refractivity contribution >= 4 is 5.69 Å². The molecule has 64 valence electrons. The maximum absolute atomic E-state index is 5.59. The lowest BCUT2D eigenvalue weighted by molar-refractivity contribution is 0.142. The zero-order chi connectivity index (χ0) is 8.39. The number of ether oxygens (including phenoxy) is 1. The summed E-state index contributed by atoms with van der Waals surface area (Å²) in [4.78, 5) is 0. The van der Waals surface area contributed by atoms with Gasteiger partial charge in [-0.25, -0.2) is 0 Å². The van der Waals surface area contributed by atoms with E-state index in [0.717, 1.165) is 24.5 Å². The predicted molar refractivity (Wildman–Crippen MR) is 48.1 cm³/mol. The lowest BCUT2D eigenvalue weighted by Crippen LogP contribution is -2.50. The zero-order valence-corrected chi connectivity index (χ0v) is 6.79. The smallest absolute Gasteiger partial charge is 0.123 e. The Morgan fingerprint density at radius 3 is 2.42 bits per heavy atom. The number of nitrogen functional groups attached to an aromatic ring is 1. The Balaban J connectivity index is 1.98. The number of anilines is 1. The van der Waals surface area contributed by atoms with Crippen LogP contribution in [0.15, 0.2) is 24.3 Å². The van der Waals surface area contributed by atoms with E-state index < -0.39 is 0 Å². The van der Waals surface area contributed by atoms with Crippen LogP contribution in [0.4, 0.5) is 5.69 Å². The van der Waals surface area contributed by atoms with Gasteiger partial charge < -0.3 is 15.8 Å². The summed E-state index contributed by atoms with van der Waals surface area (Å²) in [6, 6.07) is 7.49. The van der Waals surface area contributed by atoms with Crippen molar-refractivity contribution < 1.29 is 4.74 Å². The SMILES string of the molecule is Nc1ccc(OC2CNC2)cc1. The molecule has 1 heterocycles. The van der Waals surface area contributed by atoms with Crippen LogP contribution in [0.25, 0.3) is 0 Å². The molecular formula is C9H12N2O. The highest BCUT2D eigenvalue weighted by Crippen LogP contribution is 2.15. The van der Waals surface area contributed by atoms with E-state index in [1.165, 1.54) is 0 Å². The van der Waals surface area contributed by atoms with Crippen molar-refractivity contribution in [3.8, 4) is 5.75 Å². The molecule has 2 rings (SSSR count). The quantitative estimate of drug-likeness (QED) is 0.630. The third kappa shape index (κ3) is 1.51. The lowest BCUT2D eigenvalue weighted by atomic mass is 10.2. The second-order valence-corrected chi connectivity index (χ2v) is 2.97. The van der Waals surface area contributed by atoms with Crippen LogP contribution >= 0.6 is 0 Å². The topological polar surface area (TPSA) is 47.3 Å². The minimum Gasteiger partial charge on any atom is -0.488 e. The van der Waals surface area contributed by atoms with Crippen LogP contribution in [-0.4, -0.2) is 19.2 Å². The zero-order valence-electron chi connectivity index (χ0n) is 6.79. The Morgan fingerprint density at radius 2 is 1.92 bits per heavy atom. The summed E-state index contributed by atoms with van der Waals surface area (Å²) in [6.45, 7) is 1.90. The third-order valence-electron chi connectivity index (χ3n) is 1.93. The summed E-state index contributed by atoms with van der Waals surface area (Å²) in [7, 11) is 0. The highest BCUT2D eigenvalue weighted by molar-refractivity contribution is 5.41. The molecule has 3 N–H and O–H groups in total. The molecule has 0 bridgehead atoms. The molecule has 1 aliphatic rings. The van der Waals surface area contributed by atoms with Gasteiger partial charge in [0.15, 0.2) is 0 Å². The van der Waals surface area contributed by atoms with E-state index in [1.807, 2.05) is 24.3 Å². The number of nitrogens with two attached hydrogens (primary N) is 1. The average molecular weight is 164 g/mol. The average Bonchev–Trinajstić information content (AvgIpc) is 2.00. The van der Waals surface area contributed by atoms with Crippen molar-refractivity contribution in [3.05, 3.63) is 24.3 Å². The Morgan fingerprint density at radius 1 is 1.25 bits per heavy atom. The molecule has 3 heteroatoms. The van der Waals surface area contributed by atoms with E-state index in [1.54, 1.807) is 0 Å². The minimum absolute atomic E-state index is 0.341. The monoisotopic (exact) mass is 164 g/mol. The predicted octanol–water partition coefficient (Wildman–Crippen LogP) is 0.619. The van der Waals surface area contributed by atoms with Crippen molar-refractivity contribution in [2.24, 2.45) is 0 Å². The Bertz CT molecular complexity index is 254. The van der Waals surface area contributed by atoms with Crippen LogP contribution < -0.4 is 15.8 Å². The van der Waals surface area contributed by atoms with E-state index in [2.05, 4.69) is 5.32 Å². The van der Waals surface area contributed by atoms with Gasteiger partial charge in [0.1, 0.15) is 11.9 Å². The van der Waals surface area contributed by atoms with Crippen LogP contribution in [0.2, 0.25) is 0 Å². The number of benzene rings is 1. The second-order valence-electron chi connectivity index (χ2n) is 2.97. The van der Waals surface area contributed by atoms with Crippen molar-refractivity contribution in [1.29, 1.82) is 0 Å². The first kappa shape index (κ1) is 7.43. The van der Waals surface area contributed by atoms with Gasteiger partial charge in [-0.05, 0) is 24.3 Å². The molecule has 0 unspecified atom stereocenters. The Labute approximate surface area is 71.5 Å². The van der Waals surface area contributed by atoms with E-state index in [0.29, 0.717) is 6.10 Å². The van der Waals surface area contributed by atoms with Gasteiger partial charge in [0.25, 0.3) is 0 Å². The number of hydrogen-bond acceptors (Lipinski definition) is 3. The molecule has 0 radical (unpaired) electrons. The Hall–Kier alpha value is -1.22. The fourth-order valence-electron chi connectivity index (χ4n) is 1.08. The molecule has 0 amide bonds. The van der Waals surface area contributed by atoms with E-state index in [4.69, 9.17) is 10.5 Å². The van der Waals surface area contributed by atoms with Crippen molar-refractivity contribution in [3.63, 3.8) is 0 Å². The van der Waals surface area contributed by atoms with Gasteiger partial charge in [0, 0.05) is 18.8 Å². The molecule has 3 nitrogen and oxygen atoms in total. The third-order valence-corrected chi connectivity index (χ3v) is 1.93. The summed E-state index contributed by atoms with van der Waals surface area (Å²) < 4.78 is 5.59. The summed E-state index contributed by atoms with van der Waals surface area (Å²) >= 11 is 0. The molecule has 0 aliphatic carbocycles. The molecule has 1 aromatic carbocycles. The van der Waals surface area contributed by atoms with Crippen LogP contribution in [0.3, 0.4) is 0 Å². The van der Waals surface area contributed by atoms with Crippen LogP contribution in [0.5, 0.6) is 5.75 Å². The van der Waals surface area contributed by atoms with Gasteiger partial charge >= 0.3 is 0 Å². The summed E-state index contributed by atoms with van der Waals surface area (Å²) in [6.07, 6.45) is 0.341. The van der Waals surface area contributed by atoms with E-state index in [-0.39, 0.29) is 0 Å². The van der Waals surface area contributed by atoms with Crippen LogP contribution in [-0.2, 0) is 0 Å². The van der Waals surface area contributed by atoms with Crippen molar-refractivity contribution in [2.45, 2.75) is 6.10 Å². The fraction of sp³-hybridized carbons (Fsp3) is 0.333. The van der Waals surface area contributed by atoms with Gasteiger partial charge in [-0.2, -0.15) is 0 Å². The molecule has 1 fully saturated rings. The normalized spacial score (nSPS) is 17.0. The molecule has 0 spiro atoms. The molecule has 1 aliphatic heterocycles. The molecule has 1 saturated heterocycles. The summed E-state index contributed by atoms with van der Waals surface area (Å²) in [5.74, 6) is 0.899. The van der Waals surface area contributed by atoms with E-state index >= 15 is 0 Å². The van der Waals surface area contributed by atoms with Crippen molar-refractivity contribution in [2.75, 3.05) is 18.8 Å². The number of hydrogen-bond donors (Lipinski definition) is 2. The summed E-state index contributed by atoms with van der Waals surface area (Å²) in [5.41, 5.74) is 6.31. The van der Waals surface area contributed by atoms with Gasteiger partial charge in [-0.15, -0.1) is 0 Å². The van der Waals surface area contributed by atoms with Crippen LogP contribution in [0.1, 0.15) is 0 Å².